The summed E-state index contributed by atoms with van der Waals surface area (Å²) in [5.41, 5.74) is 12.8. The summed E-state index contributed by atoms with van der Waals surface area (Å²) in [6.45, 7) is 3.82. The molecular weight excluding hydrogens is 232 g/mol. The molecule has 1 aromatic carbocycles. The zero-order valence-electron chi connectivity index (χ0n) is 10.4. The van der Waals surface area contributed by atoms with Gasteiger partial charge in [0.25, 0.3) is 5.69 Å². The second kappa shape index (κ2) is 4.81. The van der Waals surface area contributed by atoms with E-state index in [-0.39, 0.29) is 17.4 Å². The lowest BCUT2D eigenvalue weighted by atomic mass is 9.94. The van der Waals surface area contributed by atoms with Crippen molar-refractivity contribution >= 4 is 17.1 Å². The first-order valence-electron chi connectivity index (χ1n) is 6.03. The standard InChI is InChI=1S/C12H18N4O2/c1-8-4-5-15(7-11(8)14)9-2-3-12(16(17)18)10(13)6-9/h2-3,6,8,11H,4-5,7,13-14H2,1H3. The molecular formula is C12H18N4O2. The molecule has 1 fully saturated rings. The van der Waals surface area contributed by atoms with Gasteiger partial charge in [0, 0.05) is 30.9 Å². The molecule has 1 aliphatic rings. The molecule has 98 valence electrons. The largest absolute Gasteiger partial charge is 0.393 e. The van der Waals surface area contributed by atoms with Gasteiger partial charge in [0.15, 0.2) is 0 Å². The van der Waals surface area contributed by atoms with Crippen LogP contribution in [0, 0.1) is 16.0 Å². The topological polar surface area (TPSA) is 98.4 Å². The summed E-state index contributed by atoms with van der Waals surface area (Å²) in [4.78, 5) is 12.4. The molecule has 0 radical (unpaired) electrons. The van der Waals surface area contributed by atoms with Gasteiger partial charge in [-0.05, 0) is 24.5 Å². The number of nitro benzene ring substituents is 1. The summed E-state index contributed by atoms with van der Waals surface area (Å²) in [6, 6.07) is 4.97. The van der Waals surface area contributed by atoms with E-state index in [1.807, 2.05) is 0 Å². The first-order valence-corrected chi connectivity index (χ1v) is 6.03. The number of benzene rings is 1. The molecule has 2 rings (SSSR count). The number of hydrogen-bond acceptors (Lipinski definition) is 5. The van der Waals surface area contributed by atoms with Crippen molar-refractivity contribution in [3.63, 3.8) is 0 Å². The van der Waals surface area contributed by atoms with Crippen LogP contribution in [-0.4, -0.2) is 24.1 Å². The fourth-order valence-electron chi connectivity index (χ4n) is 2.24. The Bertz CT molecular complexity index is 463. The maximum atomic E-state index is 10.7. The van der Waals surface area contributed by atoms with E-state index in [1.165, 1.54) is 6.07 Å². The fourth-order valence-corrected chi connectivity index (χ4v) is 2.24. The normalized spacial score (nSPS) is 24.0. The van der Waals surface area contributed by atoms with Crippen LogP contribution < -0.4 is 16.4 Å². The summed E-state index contributed by atoms with van der Waals surface area (Å²) < 4.78 is 0. The van der Waals surface area contributed by atoms with Crippen molar-refractivity contribution in [2.75, 3.05) is 23.7 Å². The van der Waals surface area contributed by atoms with E-state index < -0.39 is 4.92 Å². The number of piperidine rings is 1. The third-order valence-electron chi connectivity index (χ3n) is 3.59. The Kier molecular flexibility index (Phi) is 3.38. The van der Waals surface area contributed by atoms with Crippen LogP contribution in [0.25, 0.3) is 0 Å². The highest BCUT2D eigenvalue weighted by atomic mass is 16.6. The van der Waals surface area contributed by atoms with Crippen molar-refractivity contribution in [3.8, 4) is 0 Å². The molecule has 0 aliphatic carbocycles. The van der Waals surface area contributed by atoms with E-state index in [0.717, 1.165) is 25.2 Å². The van der Waals surface area contributed by atoms with Gasteiger partial charge in [-0.15, -0.1) is 0 Å². The van der Waals surface area contributed by atoms with Crippen molar-refractivity contribution in [3.05, 3.63) is 28.3 Å². The van der Waals surface area contributed by atoms with Gasteiger partial charge < -0.3 is 16.4 Å². The molecule has 2 unspecified atom stereocenters. The average Bonchev–Trinajstić information content (AvgIpc) is 2.32. The third kappa shape index (κ3) is 2.38. The predicted molar refractivity (Wildman–Crippen MR) is 71.5 cm³/mol. The maximum Gasteiger partial charge on any atom is 0.292 e. The van der Waals surface area contributed by atoms with Crippen LogP contribution in [0.1, 0.15) is 13.3 Å². The second-order valence-electron chi connectivity index (χ2n) is 4.88. The highest BCUT2D eigenvalue weighted by molar-refractivity contribution is 5.66. The predicted octanol–water partition coefficient (Wildman–Crippen LogP) is 1.35. The molecule has 0 aromatic heterocycles. The molecule has 1 aromatic rings. The molecule has 18 heavy (non-hydrogen) atoms. The fraction of sp³-hybridized carbons (Fsp3) is 0.500. The Labute approximate surface area is 106 Å². The van der Waals surface area contributed by atoms with Crippen LogP contribution in [0.2, 0.25) is 0 Å². The van der Waals surface area contributed by atoms with Crippen molar-refractivity contribution in [2.24, 2.45) is 11.7 Å². The second-order valence-corrected chi connectivity index (χ2v) is 4.88. The Balaban J connectivity index is 2.19. The SMILES string of the molecule is CC1CCN(c2ccc([N+](=O)[O-])c(N)c2)CC1N. The Hall–Kier alpha value is -1.82. The number of anilines is 2. The van der Waals surface area contributed by atoms with E-state index in [9.17, 15) is 10.1 Å². The summed E-state index contributed by atoms with van der Waals surface area (Å²) >= 11 is 0. The molecule has 0 bridgehead atoms. The first-order chi connectivity index (χ1) is 8.49. The van der Waals surface area contributed by atoms with E-state index in [4.69, 9.17) is 11.5 Å². The van der Waals surface area contributed by atoms with Crippen molar-refractivity contribution in [1.29, 1.82) is 0 Å². The molecule has 0 saturated carbocycles. The smallest absolute Gasteiger partial charge is 0.292 e. The Morgan fingerprint density at radius 2 is 2.22 bits per heavy atom. The van der Waals surface area contributed by atoms with Crippen molar-refractivity contribution in [2.45, 2.75) is 19.4 Å². The lowest BCUT2D eigenvalue weighted by molar-refractivity contribution is -0.383. The van der Waals surface area contributed by atoms with Crippen molar-refractivity contribution < 1.29 is 4.92 Å². The van der Waals surface area contributed by atoms with Crippen LogP contribution in [0.4, 0.5) is 17.1 Å². The highest BCUT2D eigenvalue weighted by Crippen LogP contribution is 2.29. The quantitative estimate of drug-likeness (QED) is 0.469. The molecule has 6 nitrogen and oxygen atoms in total. The van der Waals surface area contributed by atoms with E-state index in [0.29, 0.717) is 5.92 Å². The number of nitrogens with zero attached hydrogens (tertiary/aromatic N) is 2. The van der Waals surface area contributed by atoms with Crippen LogP contribution in [0.3, 0.4) is 0 Å². The summed E-state index contributed by atoms with van der Waals surface area (Å²) in [6.07, 6.45) is 1.03. The van der Waals surface area contributed by atoms with Gasteiger partial charge in [0.1, 0.15) is 5.69 Å². The summed E-state index contributed by atoms with van der Waals surface area (Å²) in [5.74, 6) is 0.511. The number of nitrogens with two attached hydrogens (primary N) is 2. The number of nitrogen functional groups attached to an aromatic ring is 1. The summed E-state index contributed by atoms with van der Waals surface area (Å²) in [5, 5.41) is 10.7. The molecule has 2 atom stereocenters. The van der Waals surface area contributed by atoms with Gasteiger partial charge in [-0.1, -0.05) is 6.92 Å². The minimum Gasteiger partial charge on any atom is -0.393 e. The van der Waals surface area contributed by atoms with Gasteiger partial charge in [0.2, 0.25) is 0 Å². The minimum atomic E-state index is -0.469. The average molecular weight is 250 g/mol. The van der Waals surface area contributed by atoms with Crippen LogP contribution in [0.15, 0.2) is 18.2 Å². The minimum absolute atomic E-state index is 0.0478. The zero-order valence-corrected chi connectivity index (χ0v) is 10.4. The van der Waals surface area contributed by atoms with Crippen LogP contribution >= 0.6 is 0 Å². The Morgan fingerprint density at radius 3 is 2.78 bits per heavy atom. The maximum absolute atomic E-state index is 10.7. The van der Waals surface area contributed by atoms with Crippen molar-refractivity contribution in [1.82, 2.24) is 0 Å². The van der Waals surface area contributed by atoms with E-state index in [2.05, 4.69) is 11.8 Å². The van der Waals surface area contributed by atoms with Crippen LogP contribution in [0.5, 0.6) is 0 Å². The molecule has 0 spiro atoms. The lowest BCUT2D eigenvalue weighted by Gasteiger charge is -2.36. The highest BCUT2D eigenvalue weighted by Gasteiger charge is 2.24. The molecule has 1 saturated heterocycles. The third-order valence-corrected chi connectivity index (χ3v) is 3.59. The van der Waals surface area contributed by atoms with Gasteiger partial charge in [0.05, 0.1) is 4.92 Å². The number of rotatable bonds is 2. The van der Waals surface area contributed by atoms with Crippen LogP contribution in [-0.2, 0) is 0 Å². The zero-order chi connectivity index (χ0) is 13.3. The van der Waals surface area contributed by atoms with Gasteiger partial charge in [-0.25, -0.2) is 0 Å². The lowest BCUT2D eigenvalue weighted by Crippen LogP contribution is -2.47. The molecule has 6 heteroatoms. The van der Waals surface area contributed by atoms with E-state index >= 15 is 0 Å². The number of nitro groups is 1. The summed E-state index contributed by atoms with van der Waals surface area (Å²) in [7, 11) is 0. The molecule has 0 amide bonds. The van der Waals surface area contributed by atoms with E-state index in [1.54, 1.807) is 12.1 Å². The van der Waals surface area contributed by atoms with Gasteiger partial charge in [-0.3, -0.25) is 10.1 Å². The molecule has 1 aliphatic heterocycles. The molecule has 1 heterocycles. The first kappa shape index (κ1) is 12.6. The van der Waals surface area contributed by atoms with Gasteiger partial charge in [-0.2, -0.15) is 0 Å². The molecule has 4 N–H and O–H groups in total. The monoisotopic (exact) mass is 250 g/mol. The number of hydrogen-bond donors (Lipinski definition) is 2. The van der Waals surface area contributed by atoms with Gasteiger partial charge >= 0.3 is 0 Å². The Morgan fingerprint density at radius 1 is 1.50 bits per heavy atom.